The number of carbonyl (C=O) groups excluding carboxylic acids is 1. The predicted molar refractivity (Wildman–Crippen MR) is 79.4 cm³/mol. The number of hydrogen-bond acceptors (Lipinski definition) is 1. The minimum absolute atomic E-state index is 0.0694. The summed E-state index contributed by atoms with van der Waals surface area (Å²) in [5.41, 5.74) is 2.10. The van der Waals surface area contributed by atoms with E-state index in [1.807, 2.05) is 18.2 Å². The number of anilines is 1. The summed E-state index contributed by atoms with van der Waals surface area (Å²) in [6.45, 7) is 4.36. The number of hydrogen-bond donors (Lipinski definition) is 2. The quantitative estimate of drug-likeness (QED) is 0.849. The third kappa shape index (κ3) is 3.98. The maximum Gasteiger partial charge on any atom is 0.319 e. The predicted octanol–water partition coefficient (Wildman–Crippen LogP) is 3.95. The highest BCUT2D eigenvalue weighted by Gasteiger charge is 2.20. The van der Waals surface area contributed by atoms with E-state index < -0.39 is 0 Å². The van der Waals surface area contributed by atoms with Crippen molar-refractivity contribution in [2.24, 2.45) is 5.92 Å². The molecule has 104 valence electrons. The number of aryl methyl sites for hydroxylation is 1. The van der Waals surface area contributed by atoms with Gasteiger partial charge in [-0.2, -0.15) is 0 Å². The van der Waals surface area contributed by atoms with E-state index in [4.69, 9.17) is 0 Å². The number of rotatable bonds is 3. The van der Waals surface area contributed by atoms with Crippen molar-refractivity contribution < 1.29 is 4.79 Å². The highest BCUT2D eigenvalue weighted by atomic mass is 16.2. The molecule has 19 heavy (non-hydrogen) atoms. The fourth-order valence-electron chi connectivity index (χ4n) is 2.86. The molecule has 2 unspecified atom stereocenters. The van der Waals surface area contributed by atoms with Crippen molar-refractivity contribution in [1.82, 2.24) is 5.32 Å². The Bertz CT molecular complexity index is 431. The first-order valence-corrected chi connectivity index (χ1v) is 7.34. The Morgan fingerprint density at radius 2 is 2.11 bits per heavy atom. The molecule has 2 amide bonds. The van der Waals surface area contributed by atoms with Gasteiger partial charge >= 0.3 is 6.03 Å². The molecule has 1 aromatic rings. The topological polar surface area (TPSA) is 41.1 Å². The summed E-state index contributed by atoms with van der Waals surface area (Å²) in [7, 11) is 0. The molecule has 0 spiro atoms. The monoisotopic (exact) mass is 260 g/mol. The minimum atomic E-state index is -0.0694. The molecule has 0 heterocycles. The molecule has 0 bridgehead atoms. The Balaban J connectivity index is 1.90. The fourth-order valence-corrected chi connectivity index (χ4v) is 2.86. The van der Waals surface area contributed by atoms with E-state index in [1.165, 1.54) is 18.4 Å². The SMILES string of the molecule is CCc1ccccc1NC(=O)NC1CCCC(C)C1. The van der Waals surface area contributed by atoms with Gasteiger partial charge in [0.05, 0.1) is 0 Å². The number of benzene rings is 1. The van der Waals surface area contributed by atoms with Crippen LogP contribution >= 0.6 is 0 Å². The summed E-state index contributed by atoms with van der Waals surface area (Å²) in [5, 5.41) is 6.07. The van der Waals surface area contributed by atoms with Crippen LogP contribution in [0, 0.1) is 5.92 Å². The summed E-state index contributed by atoms with van der Waals surface area (Å²) in [5.74, 6) is 0.724. The Morgan fingerprint density at radius 1 is 1.32 bits per heavy atom. The smallest absolute Gasteiger partial charge is 0.319 e. The summed E-state index contributed by atoms with van der Waals surface area (Å²) in [4.78, 5) is 12.0. The fraction of sp³-hybridized carbons (Fsp3) is 0.562. The molecule has 0 aliphatic heterocycles. The van der Waals surface area contributed by atoms with E-state index in [0.717, 1.165) is 30.9 Å². The molecule has 2 atom stereocenters. The summed E-state index contributed by atoms with van der Waals surface area (Å²) >= 11 is 0. The summed E-state index contributed by atoms with van der Waals surface area (Å²) < 4.78 is 0. The van der Waals surface area contributed by atoms with Gasteiger partial charge in [-0.15, -0.1) is 0 Å². The molecule has 0 radical (unpaired) electrons. The second-order valence-corrected chi connectivity index (χ2v) is 5.58. The maximum absolute atomic E-state index is 12.0. The van der Waals surface area contributed by atoms with Gasteiger partial charge in [0.25, 0.3) is 0 Å². The van der Waals surface area contributed by atoms with Crippen LogP contribution in [0.15, 0.2) is 24.3 Å². The molecule has 1 aromatic carbocycles. The lowest BCUT2D eigenvalue weighted by Crippen LogP contribution is -2.40. The molecule has 1 aliphatic carbocycles. The second kappa shape index (κ2) is 6.60. The van der Waals surface area contributed by atoms with Gasteiger partial charge in [-0.25, -0.2) is 4.79 Å². The molecule has 0 aromatic heterocycles. The molecular weight excluding hydrogens is 236 g/mol. The first-order chi connectivity index (χ1) is 9.19. The molecule has 1 saturated carbocycles. The van der Waals surface area contributed by atoms with Crippen LogP contribution in [-0.2, 0) is 6.42 Å². The molecular formula is C16H24N2O. The van der Waals surface area contributed by atoms with Gasteiger partial charge in [-0.05, 0) is 36.8 Å². The molecule has 1 fully saturated rings. The molecule has 2 N–H and O–H groups in total. The Hall–Kier alpha value is -1.51. The van der Waals surface area contributed by atoms with Gasteiger partial charge in [0, 0.05) is 11.7 Å². The van der Waals surface area contributed by atoms with Crippen molar-refractivity contribution in [1.29, 1.82) is 0 Å². The van der Waals surface area contributed by atoms with Crippen LogP contribution in [0.25, 0.3) is 0 Å². The number of amides is 2. The lowest BCUT2D eigenvalue weighted by atomic mass is 9.87. The van der Waals surface area contributed by atoms with E-state index in [2.05, 4.69) is 30.5 Å². The molecule has 1 aliphatic rings. The van der Waals surface area contributed by atoms with Gasteiger partial charge < -0.3 is 10.6 Å². The van der Waals surface area contributed by atoms with Crippen molar-refractivity contribution >= 4 is 11.7 Å². The van der Waals surface area contributed by atoms with Crippen molar-refractivity contribution in [3.8, 4) is 0 Å². The van der Waals surface area contributed by atoms with Crippen LogP contribution in [0.4, 0.5) is 10.5 Å². The Labute approximate surface area is 115 Å². The number of urea groups is 1. The zero-order valence-electron chi connectivity index (χ0n) is 11.9. The van der Waals surface area contributed by atoms with E-state index in [1.54, 1.807) is 0 Å². The summed E-state index contributed by atoms with van der Waals surface area (Å²) in [6, 6.07) is 8.24. The largest absolute Gasteiger partial charge is 0.335 e. The van der Waals surface area contributed by atoms with Gasteiger partial charge in [0.2, 0.25) is 0 Å². The average molecular weight is 260 g/mol. The average Bonchev–Trinajstić information content (AvgIpc) is 2.39. The van der Waals surface area contributed by atoms with Crippen LogP contribution in [-0.4, -0.2) is 12.1 Å². The minimum Gasteiger partial charge on any atom is -0.335 e. The molecule has 3 heteroatoms. The van der Waals surface area contributed by atoms with Crippen LogP contribution in [0.1, 0.15) is 45.1 Å². The van der Waals surface area contributed by atoms with Crippen LogP contribution in [0.5, 0.6) is 0 Å². The summed E-state index contributed by atoms with van der Waals surface area (Å²) in [6.07, 6.45) is 5.64. The van der Waals surface area contributed by atoms with Gasteiger partial charge in [0.1, 0.15) is 0 Å². The van der Waals surface area contributed by atoms with E-state index >= 15 is 0 Å². The van der Waals surface area contributed by atoms with E-state index in [-0.39, 0.29) is 6.03 Å². The molecule has 2 rings (SSSR count). The standard InChI is InChI=1S/C16H24N2O/c1-3-13-8-4-5-10-15(13)18-16(19)17-14-9-6-7-12(2)11-14/h4-5,8,10,12,14H,3,6-7,9,11H2,1-2H3,(H2,17,18,19). The Kier molecular flexibility index (Phi) is 4.83. The maximum atomic E-state index is 12.0. The van der Waals surface area contributed by atoms with Crippen LogP contribution in [0.2, 0.25) is 0 Å². The lowest BCUT2D eigenvalue weighted by molar-refractivity contribution is 0.238. The Morgan fingerprint density at radius 3 is 2.84 bits per heavy atom. The first-order valence-electron chi connectivity index (χ1n) is 7.34. The number of nitrogens with one attached hydrogen (secondary N) is 2. The zero-order chi connectivity index (χ0) is 13.7. The number of para-hydroxylation sites is 1. The van der Waals surface area contributed by atoms with Crippen molar-refractivity contribution in [2.45, 2.75) is 52.0 Å². The number of carbonyl (C=O) groups is 1. The zero-order valence-corrected chi connectivity index (χ0v) is 11.9. The van der Waals surface area contributed by atoms with Crippen molar-refractivity contribution in [2.75, 3.05) is 5.32 Å². The highest BCUT2D eigenvalue weighted by Crippen LogP contribution is 2.23. The van der Waals surface area contributed by atoms with Gasteiger partial charge in [-0.1, -0.05) is 44.9 Å². The van der Waals surface area contributed by atoms with Crippen molar-refractivity contribution in [3.63, 3.8) is 0 Å². The van der Waals surface area contributed by atoms with Gasteiger partial charge in [-0.3, -0.25) is 0 Å². The van der Waals surface area contributed by atoms with Crippen molar-refractivity contribution in [3.05, 3.63) is 29.8 Å². The third-order valence-corrected chi connectivity index (χ3v) is 3.92. The van der Waals surface area contributed by atoms with E-state index in [0.29, 0.717) is 6.04 Å². The van der Waals surface area contributed by atoms with Gasteiger partial charge in [0.15, 0.2) is 0 Å². The molecule has 3 nitrogen and oxygen atoms in total. The normalized spacial score (nSPS) is 22.8. The third-order valence-electron chi connectivity index (χ3n) is 3.92. The van der Waals surface area contributed by atoms with Crippen LogP contribution < -0.4 is 10.6 Å². The lowest BCUT2D eigenvalue weighted by Gasteiger charge is -2.27. The van der Waals surface area contributed by atoms with E-state index in [9.17, 15) is 4.79 Å². The second-order valence-electron chi connectivity index (χ2n) is 5.58. The highest BCUT2D eigenvalue weighted by molar-refractivity contribution is 5.90. The first kappa shape index (κ1) is 13.9. The molecule has 0 saturated heterocycles. The van der Waals surface area contributed by atoms with Crippen LogP contribution in [0.3, 0.4) is 0 Å².